The average Bonchev–Trinajstić information content (AvgIpc) is 3.40. The fourth-order valence-corrected chi connectivity index (χ4v) is 6.78. The molecule has 11 heteroatoms. The number of ether oxygens (including phenoxy) is 2. The highest BCUT2D eigenvalue weighted by molar-refractivity contribution is 6.38. The molecule has 238 valence electrons. The van der Waals surface area contributed by atoms with Crippen LogP contribution < -0.4 is 25.4 Å². The summed E-state index contributed by atoms with van der Waals surface area (Å²) in [7, 11) is 0. The second-order valence-electron chi connectivity index (χ2n) is 12.6. The number of carbonyl (C=O) groups is 5. The van der Waals surface area contributed by atoms with Crippen molar-refractivity contribution in [2.24, 2.45) is 17.8 Å². The maximum atomic E-state index is 13.9. The van der Waals surface area contributed by atoms with Gasteiger partial charge in [0.2, 0.25) is 17.6 Å². The molecule has 4 aliphatic rings. The molecule has 5 atom stereocenters. The Kier molecular flexibility index (Phi) is 9.32. The molecule has 11 nitrogen and oxygen atoms in total. The highest BCUT2D eigenvalue weighted by Gasteiger charge is 2.50. The number of rotatable bonds is 13. The van der Waals surface area contributed by atoms with Gasteiger partial charge in [-0.15, -0.1) is 0 Å². The molecule has 2 saturated heterocycles. The molecule has 2 aromatic rings. The van der Waals surface area contributed by atoms with E-state index in [4.69, 9.17) is 9.47 Å². The van der Waals surface area contributed by atoms with Crippen molar-refractivity contribution in [1.82, 2.24) is 20.9 Å². The molecule has 0 radical (unpaired) electrons. The third-order valence-electron chi connectivity index (χ3n) is 9.37. The quantitative estimate of drug-likeness (QED) is 0.293. The molecule has 0 aromatic heterocycles. The topological polar surface area (TPSA) is 143 Å². The lowest BCUT2D eigenvalue weighted by atomic mass is 9.91. The van der Waals surface area contributed by atoms with E-state index in [2.05, 4.69) is 16.0 Å². The zero-order chi connectivity index (χ0) is 31.3. The van der Waals surface area contributed by atoms with E-state index >= 15 is 0 Å². The van der Waals surface area contributed by atoms with Crippen LogP contribution in [0.3, 0.4) is 0 Å². The molecule has 4 fully saturated rings. The molecule has 2 saturated carbocycles. The molecule has 0 unspecified atom stereocenters. The summed E-state index contributed by atoms with van der Waals surface area (Å²) in [6.07, 6.45) is 4.87. The van der Waals surface area contributed by atoms with E-state index in [0.717, 1.165) is 37.7 Å². The minimum absolute atomic E-state index is 0.0206. The monoisotopic (exact) mass is 616 g/mol. The average molecular weight is 617 g/mol. The number of carbonyl (C=O) groups excluding carboxylic acids is 5. The van der Waals surface area contributed by atoms with Crippen LogP contribution in [0.25, 0.3) is 0 Å². The van der Waals surface area contributed by atoms with Crippen LogP contribution in [0.15, 0.2) is 54.6 Å². The number of hydrogen-bond acceptors (Lipinski definition) is 7. The molecule has 0 bridgehead atoms. The summed E-state index contributed by atoms with van der Waals surface area (Å²) < 4.78 is 11.6. The van der Waals surface area contributed by atoms with Crippen LogP contribution in [-0.4, -0.2) is 72.1 Å². The molecule has 45 heavy (non-hydrogen) atoms. The van der Waals surface area contributed by atoms with Gasteiger partial charge < -0.3 is 30.3 Å². The Morgan fingerprint density at radius 1 is 0.911 bits per heavy atom. The number of likely N-dealkylation sites (tertiary alicyclic amines) is 1. The number of nitrogens with zero attached hydrogens (tertiary/aromatic N) is 1. The first-order valence-corrected chi connectivity index (χ1v) is 16.0. The van der Waals surface area contributed by atoms with Crippen LogP contribution in [0, 0.1) is 17.8 Å². The molecule has 0 spiro atoms. The normalized spacial score (nSPS) is 24.4. The van der Waals surface area contributed by atoms with Crippen molar-refractivity contribution in [2.75, 3.05) is 19.7 Å². The lowest BCUT2D eigenvalue weighted by molar-refractivity contribution is -0.143. The number of ketones is 1. The van der Waals surface area contributed by atoms with E-state index in [-0.39, 0.29) is 42.7 Å². The Morgan fingerprint density at radius 3 is 2.33 bits per heavy atom. The minimum Gasteiger partial charge on any atom is -0.489 e. The van der Waals surface area contributed by atoms with E-state index in [9.17, 15) is 24.0 Å². The predicted molar refractivity (Wildman–Crippen MR) is 163 cm³/mol. The van der Waals surface area contributed by atoms with Crippen molar-refractivity contribution in [1.29, 1.82) is 0 Å². The Hall–Kier alpha value is -4.41. The molecule has 6 rings (SSSR count). The first-order valence-electron chi connectivity index (χ1n) is 16.0. The summed E-state index contributed by atoms with van der Waals surface area (Å²) in [6, 6.07) is 14.9. The van der Waals surface area contributed by atoms with Gasteiger partial charge in [0.25, 0.3) is 11.8 Å². The van der Waals surface area contributed by atoms with Gasteiger partial charge in [0.05, 0.1) is 6.04 Å². The fraction of sp³-hybridized carbons (Fsp3) is 0.500. The van der Waals surface area contributed by atoms with Crippen LogP contribution in [0.4, 0.5) is 0 Å². The molecule has 2 heterocycles. The fourth-order valence-electron chi connectivity index (χ4n) is 6.78. The Balaban J connectivity index is 1.09. The van der Waals surface area contributed by atoms with Gasteiger partial charge in [-0.1, -0.05) is 36.8 Å². The van der Waals surface area contributed by atoms with Gasteiger partial charge in [-0.25, -0.2) is 0 Å². The molecule has 4 amide bonds. The van der Waals surface area contributed by atoms with E-state index in [1.54, 1.807) is 29.2 Å². The first kappa shape index (κ1) is 30.6. The van der Waals surface area contributed by atoms with Crippen molar-refractivity contribution in [2.45, 2.75) is 69.7 Å². The second kappa shape index (κ2) is 13.7. The van der Waals surface area contributed by atoms with Crippen LogP contribution in [-0.2, 0) is 30.6 Å². The van der Waals surface area contributed by atoms with Gasteiger partial charge in [-0.2, -0.15) is 0 Å². The van der Waals surface area contributed by atoms with Gasteiger partial charge in [-0.3, -0.25) is 24.0 Å². The molecular formula is C34H40N4O7. The SMILES string of the molecule is O=C(NC1CC1)C(=O)[C@H](C[C@@H]1CCNC1=O)NC(=O)[C@@H]1[C@H]2CCC[C@H]2CN1C(=O)COc1ccc(OCc2ccccc2)cc1. The zero-order valence-electron chi connectivity index (χ0n) is 25.2. The lowest BCUT2D eigenvalue weighted by Crippen LogP contribution is -2.55. The molecular weight excluding hydrogens is 576 g/mol. The van der Waals surface area contributed by atoms with Crippen molar-refractivity contribution in [3.8, 4) is 11.5 Å². The van der Waals surface area contributed by atoms with Gasteiger partial charge in [-0.05, 0) is 80.2 Å². The van der Waals surface area contributed by atoms with Gasteiger partial charge in [0.15, 0.2) is 6.61 Å². The van der Waals surface area contributed by atoms with Gasteiger partial charge in [0, 0.05) is 25.0 Å². The van der Waals surface area contributed by atoms with E-state index in [0.29, 0.717) is 37.6 Å². The maximum absolute atomic E-state index is 13.9. The summed E-state index contributed by atoms with van der Waals surface area (Å²) in [6.45, 7) is 1.11. The molecule has 2 aliphatic heterocycles. The standard InChI is InChI=1S/C34H40N4O7/c39-29(20-45-26-13-11-25(12-14-26)44-19-21-5-2-1-3-6-21)38-18-23-7-4-8-27(23)30(38)33(42)37-28(17-22-15-16-35-32(22)41)31(40)34(43)36-24-9-10-24/h1-3,5-6,11-14,22-24,27-28,30H,4,7-10,15-20H2,(H,35,41)(H,36,43)(H,37,42)/t22-,23-,27-,28-,30-/m0/s1. The number of nitrogens with one attached hydrogen (secondary N) is 3. The first-order chi connectivity index (χ1) is 21.9. The van der Waals surface area contributed by atoms with Crippen LogP contribution in [0.1, 0.15) is 50.5 Å². The molecule has 3 N–H and O–H groups in total. The summed E-state index contributed by atoms with van der Waals surface area (Å²) in [5, 5.41) is 8.25. The third-order valence-corrected chi connectivity index (χ3v) is 9.37. The van der Waals surface area contributed by atoms with Crippen molar-refractivity contribution in [3.63, 3.8) is 0 Å². The van der Waals surface area contributed by atoms with Crippen molar-refractivity contribution < 1.29 is 33.4 Å². The van der Waals surface area contributed by atoms with Crippen molar-refractivity contribution >= 4 is 29.4 Å². The summed E-state index contributed by atoms with van der Waals surface area (Å²) in [5.41, 5.74) is 1.05. The van der Waals surface area contributed by atoms with Crippen molar-refractivity contribution in [3.05, 3.63) is 60.2 Å². The second-order valence-corrected chi connectivity index (χ2v) is 12.6. The number of hydrogen-bond donors (Lipinski definition) is 3. The summed E-state index contributed by atoms with van der Waals surface area (Å²) in [4.78, 5) is 67.1. The van der Waals surface area contributed by atoms with Crippen LogP contribution in [0.5, 0.6) is 11.5 Å². The smallest absolute Gasteiger partial charge is 0.289 e. The maximum Gasteiger partial charge on any atom is 0.289 e. The minimum atomic E-state index is -1.15. The van der Waals surface area contributed by atoms with E-state index in [1.807, 2.05) is 30.3 Å². The van der Waals surface area contributed by atoms with Crippen LogP contribution >= 0.6 is 0 Å². The van der Waals surface area contributed by atoms with E-state index < -0.39 is 35.6 Å². The predicted octanol–water partition coefficient (Wildman–Crippen LogP) is 2.13. The summed E-state index contributed by atoms with van der Waals surface area (Å²) in [5.74, 6) is -1.64. The van der Waals surface area contributed by atoms with Crippen LogP contribution in [0.2, 0.25) is 0 Å². The van der Waals surface area contributed by atoms with E-state index in [1.165, 1.54) is 0 Å². The summed E-state index contributed by atoms with van der Waals surface area (Å²) >= 11 is 0. The van der Waals surface area contributed by atoms with Gasteiger partial charge in [0.1, 0.15) is 24.1 Å². The lowest BCUT2D eigenvalue weighted by Gasteiger charge is -2.29. The number of Topliss-reactive ketones (excluding diaryl/α,β-unsaturated/α-hetero) is 1. The third kappa shape index (κ3) is 7.46. The highest BCUT2D eigenvalue weighted by Crippen LogP contribution is 2.42. The molecule has 2 aromatic carbocycles. The van der Waals surface area contributed by atoms with Gasteiger partial charge >= 0.3 is 0 Å². The zero-order valence-corrected chi connectivity index (χ0v) is 25.2. The molecule has 2 aliphatic carbocycles. The largest absolute Gasteiger partial charge is 0.489 e. The highest BCUT2D eigenvalue weighted by atomic mass is 16.5. The number of benzene rings is 2. The Morgan fingerprint density at radius 2 is 1.64 bits per heavy atom. The number of fused-ring (bicyclic) bond motifs is 1. The number of amides is 4. The Labute approximate surface area is 262 Å². The Bertz CT molecular complexity index is 1410.